The van der Waals surface area contributed by atoms with Gasteiger partial charge in [-0.25, -0.2) is 4.79 Å². The summed E-state index contributed by atoms with van der Waals surface area (Å²) in [5.41, 5.74) is 1.81. The molecule has 134 valence electrons. The van der Waals surface area contributed by atoms with Crippen LogP contribution >= 0.6 is 0 Å². The number of carboxylic acid groups (broad SMARTS) is 1. The van der Waals surface area contributed by atoms with Gasteiger partial charge in [-0.2, -0.15) is 0 Å². The van der Waals surface area contributed by atoms with Crippen LogP contribution < -0.4 is 5.32 Å². The predicted molar refractivity (Wildman–Crippen MR) is 93.4 cm³/mol. The number of hydrogen-bond donors (Lipinski definition) is 2. The van der Waals surface area contributed by atoms with E-state index in [1.807, 2.05) is 6.07 Å². The monoisotopic (exact) mass is 344 g/mol. The summed E-state index contributed by atoms with van der Waals surface area (Å²) in [5.74, 6) is -0.130. The molecule has 0 fully saturated rings. The molecule has 0 radical (unpaired) electrons. The second-order valence-electron chi connectivity index (χ2n) is 5.97. The Hall–Kier alpha value is -2.63. The van der Waals surface area contributed by atoms with Gasteiger partial charge in [-0.1, -0.05) is 37.2 Å². The maximum absolute atomic E-state index is 12.0. The number of carboxylic acids is 1. The normalized spacial score (nSPS) is 10.8. The molecule has 0 atom stereocenters. The second kappa shape index (κ2) is 9.01. The van der Waals surface area contributed by atoms with Crippen molar-refractivity contribution >= 4 is 11.9 Å². The molecule has 0 aliphatic heterocycles. The third-order valence-corrected chi connectivity index (χ3v) is 4.31. The molecule has 0 bridgehead atoms. The molecule has 25 heavy (non-hydrogen) atoms. The molecule has 2 N–H and O–H groups in total. The van der Waals surface area contributed by atoms with E-state index in [4.69, 9.17) is 9.63 Å². The molecule has 1 aromatic carbocycles. The largest absolute Gasteiger partial charge is 0.478 e. The van der Waals surface area contributed by atoms with Crippen molar-refractivity contribution in [3.63, 3.8) is 0 Å². The van der Waals surface area contributed by atoms with Crippen molar-refractivity contribution in [2.75, 3.05) is 0 Å². The Morgan fingerprint density at radius 2 is 1.96 bits per heavy atom. The summed E-state index contributed by atoms with van der Waals surface area (Å²) in [6.45, 7) is 4.51. The Morgan fingerprint density at radius 1 is 1.24 bits per heavy atom. The highest BCUT2D eigenvalue weighted by molar-refractivity contribution is 5.89. The number of carbonyl (C=O) groups is 2. The number of nitrogens with zero attached hydrogens (tertiary/aromatic N) is 1. The minimum Gasteiger partial charge on any atom is -0.478 e. The lowest BCUT2D eigenvalue weighted by atomic mass is 9.99. The average Bonchev–Trinajstić information content (AvgIpc) is 3.08. The van der Waals surface area contributed by atoms with E-state index in [1.54, 1.807) is 24.3 Å². The van der Waals surface area contributed by atoms with Gasteiger partial charge in [0.1, 0.15) is 0 Å². The molecular formula is C19H24N2O4. The molecule has 1 aromatic heterocycles. The first-order valence-electron chi connectivity index (χ1n) is 8.58. The highest BCUT2D eigenvalue weighted by Gasteiger charge is 2.14. The van der Waals surface area contributed by atoms with Crippen LogP contribution in [0.4, 0.5) is 0 Å². The zero-order valence-electron chi connectivity index (χ0n) is 14.6. The van der Waals surface area contributed by atoms with E-state index in [0.717, 1.165) is 18.5 Å². The standard InChI is InChI=1S/C19H24N2O4/c1-3-13(4-2)17-11-15(25-21-17)12-20-18(22)10-9-14-7-5-6-8-16(14)19(23)24/h5-8,11,13H,3-4,9-10,12H2,1-2H3,(H,20,22)(H,23,24). The average molecular weight is 344 g/mol. The number of aromatic carboxylic acids is 1. The summed E-state index contributed by atoms with van der Waals surface area (Å²) in [6.07, 6.45) is 2.59. The lowest BCUT2D eigenvalue weighted by Gasteiger charge is -2.06. The van der Waals surface area contributed by atoms with Crippen molar-refractivity contribution in [3.8, 4) is 0 Å². The van der Waals surface area contributed by atoms with Gasteiger partial charge in [0.05, 0.1) is 17.8 Å². The van der Waals surface area contributed by atoms with Gasteiger partial charge in [0.15, 0.2) is 5.76 Å². The van der Waals surface area contributed by atoms with Crippen LogP contribution in [0.2, 0.25) is 0 Å². The third kappa shape index (κ3) is 5.17. The number of benzene rings is 1. The van der Waals surface area contributed by atoms with E-state index >= 15 is 0 Å². The Bertz CT molecular complexity index is 720. The quantitative estimate of drug-likeness (QED) is 0.726. The molecule has 6 nitrogen and oxygen atoms in total. The summed E-state index contributed by atoms with van der Waals surface area (Å²) >= 11 is 0. The minimum atomic E-state index is -0.980. The number of rotatable bonds is 9. The number of amides is 1. The maximum atomic E-state index is 12.0. The van der Waals surface area contributed by atoms with E-state index < -0.39 is 5.97 Å². The van der Waals surface area contributed by atoms with Crippen LogP contribution in [-0.2, 0) is 17.8 Å². The number of aryl methyl sites for hydroxylation is 1. The van der Waals surface area contributed by atoms with Gasteiger partial charge >= 0.3 is 5.97 Å². The van der Waals surface area contributed by atoms with Gasteiger partial charge in [-0.15, -0.1) is 0 Å². The van der Waals surface area contributed by atoms with Crippen molar-refractivity contribution in [2.45, 2.75) is 52.0 Å². The zero-order chi connectivity index (χ0) is 18.2. The number of hydrogen-bond acceptors (Lipinski definition) is 4. The van der Waals surface area contributed by atoms with Gasteiger partial charge in [0, 0.05) is 18.4 Å². The first kappa shape index (κ1) is 18.7. The van der Waals surface area contributed by atoms with Gasteiger partial charge < -0.3 is 14.9 Å². The molecular weight excluding hydrogens is 320 g/mol. The topological polar surface area (TPSA) is 92.4 Å². The molecule has 0 spiro atoms. The first-order valence-corrected chi connectivity index (χ1v) is 8.58. The molecule has 0 aliphatic carbocycles. The highest BCUT2D eigenvalue weighted by Crippen LogP contribution is 2.22. The van der Waals surface area contributed by atoms with Crippen molar-refractivity contribution in [1.82, 2.24) is 10.5 Å². The molecule has 6 heteroatoms. The Kier molecular flexibility index (Phi) is 6.74. The lowest BCUT2D eigenvalue weighted by Crippen LogP contribution is -2.23. The first-order chi connectivity index (χ1) is 12.0. The summed E-state index contributed by atoms with van der Waals surface area (Å²) in [4.78, 5) is 23.2. The van der Waals surface area contributed by atoms with E-state index in [0.29, 0.717) is 23.7 Å². The number of carbonyl (C=O) groups excluding carboxylic acids is 1. The lowest BCUT2D eigenvalue weighted by molar-refractivity contribution is -0.121. The highest BCUT2D eigenvalue weighted by atomic mass is 16.5. The zero-order valence-corrected chi connectivity index (χ0v) is 14.6. The Balaban J connectivity index is 1.85. The van der Waals surface area contributed by atoms with Gasteiger partial charge in [0.2, 0.25) is 5.91 Å². The molecule has 0 saturated heterocycles. The molecule has 2 aromatic rings. The van der Waals surface area contributed by atoms with Gasteiger partial charge in [0.25, 0.3) is 0 Å². The minimum absolute atomic E-state index is 0.152. The maximum Gasteiger partial charge on any atom is 0.335 e. The fourth-order valence-electron chi connectivity index (χ4n) is 2.78. The van der Waals surface area contributed by atoms with Crippen LogP contribution in [0.25, 0.3) is 0 Å². The van der Waals surface area contributed by atoms with E-state index in [9.17, 15) is 9.59 Å². The van der Waals surface area contributed by atoms with Crippen LogP contribution in [0.1, 0.15) is 66.4 Å². The summed E-state index contributed by atoms with van der Waals surface area (Å²) in [5, 5.41) is 16.0. The van der Waals surface area contributed by atoms with Crippen LogP contribution in [-0.4, -0.2) is 22.1 Å². The Labute approximate surface area is 147 Å². The van der Waals surface area contributed by atoms with Crippen LogP contribution in [0.15, 0.2) is 34.9 Å². The fraction of sp³-hybridized carbons (Fsp3) is 0.421. The van der Waals surface area contributed by atoms with Crippen LogP contribution in [0.5, 0.6) is 0 Å². The summed E-state index contributed by atoms with van der Waals surface area (Å²) in [7, 11) is 0. The van der Waals surface area contributed by atoms with Crippen molar-refractivity contribution in [2.24, 2.45) is 0 Å². The van der Waals surface area contributed by atoms with E-state index in [1.165, 1.54) is 0 Å². The van der Waals surface area contributed by atoms with Gasteiger partial charge in [-0.05, 0) is 30.9 Å². The number of nitrogens with one attached hydrogen (secondary N) is 1. The van der Waals surface area contributed by atoms with Crippen LogP contribution in [0.3, 0.4) is 0 Å². The van der Waals surface area contributed by atoms with Crippen LogP contribution in [0, 0.1) is 0 Å². The van der Waals surface area contributed by atoms with Crippen molar-refractivity contribution in [1.29, 1.82) is 0 Å². The number of aromatic nitrogens is 1. The molecule has 0 aliphatic rings. The van der Waals surface area contributed by atoms with E-state index in [2.05, 4.69) is 24.3 Å². The second-order valence-corrected chi connectivity index (χ2v) is 5.97. The van der Waals surface area contributed by atoms with Gasteiger partial charge in [-0.3, -0.25) is 4.79 Å². The summed E-state index contributed by atoms with van der Waals surface area (Å²) < 4.78 is 5.27. The third-order valence-electron chi connectivity index (χ3n) is 4.31. The predicted octanol–water partition coefficient (Wildman–Crippen LogP) is 3.53. The smallest absolute Gasteiger partial charge is 0.335 e. The molecule has 1 heterocycles. The SMILES string of the molecule is CCC(CC)c1cc(CNC(=O)CCc2ccccc2C(=O)O)on1. The fourth-order valence-corrected chi connectivity index (χ4v) is 2.78. The molecule has 2 rings (SSSR count). The Morgan fingerprint density at radius 3 is 2.64 bits per heavy atom. The summed E-state index contributed by atoms with van der Waals surface area (Å²) in [6, 6.07) is 8.61. The van der Waals surface area contributed by atoms with Crippen molar-refractivity contribution < 1.29 is 19.2 Å². The molecule has 1 amide bonds. The van der Waals surface area contributed by atoms with E-state index in [-0.39, 0.29) is 24.4 Å². The van der Waals surface area contributed by atoms with Crippen molar-refractivity contribution in [3.05, 3.63) is 52.9 Å². The molecule has 0 saturated carbocycles. The molecule has 0 unspecified atom stereocenters.